The number of sulfonamides is 1. The molecule has 7 nitrogen and oxygen atoms in total. The Morgan fingerprint density at radius 2 is 2.28 bits per heavy atom. The third-order valence-electron chi connectivity index (χ3n) is 2.16. The van der Waals surface area contributed by atoms with Crippen LogP contribution in [0.3, 0.4) is 0 Å². The third-order valence-corrected chi connectivity index (χ3v) is 3.01. The molecule has 0 radical (unpaired) electrons. The minimum atomic E-state index is -3.40. The molecule has 0 spiro atoms. The summed E-state index contributed by atoms with van der Waals surface area (Å²) in [6, 6.07) is 1.57. The molecule has 102 valence electrons. The van der Waals surface area contributed by atoms with Gasteiger partial charge in [-0.15, -0.1) is 0 Å². The summed E-state index contributed by atoms with van der Waals surface area (Å²) in [5.74, 6) is 0.0520. The van der Waals surface area contributed by atoms with Gasteiger partial charge in [0.2, 0.25) is 10.0 Å². The van der Waals surface area contributed by atoms with Crippen LogP contribution in [0.5, 0.6) is 0 Å². The van der Waals surface area contributed by atoms with E-state index in [2.05, 4.69) is 10.1 Å². The van der Waals surface area contributed by atoms with Crippen molar-refractivity contribution in [3.05, 3.63) is 23.7 Å². The van der Waals surface area contributed by atoms with Crippen LogP contribution in [0.4, 0.5) is 0 Å². The fraction of sp³-hybridized carbons (Fsp3) is 0.500. The van der Waals surface area contributed by atoms with Crippen molar-refractivity contribution in [2.45, 2.75) is 13.0 Å². The molecule has 0 aliphatic heterocycles. The van der Waals surface area contributed by atoms with Crippen LogP contribution in [-0.4, -0.2) is 33.8 Å². The van der Waals surface area contributed by atoms with Crippen LogP contribution in [0.25, 0.3) is 0 Å². The van der Waals surface area contributed by atoms with Crippen LogP contribution >= 0.6 is 0 Å². The van der Waals surface area contributed by atoms with Gasteiger partial charge in [-0.25, -0.2) is 18.4 Å². The highest BCUT2D eigenvalue weighted by Gasteiger charge is 2.09. The molecule has 0 aliphatic carbocycles. The normalized spacial score (nSPS) is 11.4. The first kappa shape index (κ1) is 14.7. The second-order valence-corrected chi connectivity index (χ2v) is 5.42. The number of rotatable bonds is 7. The van der Waals surface area contributed by atoms with E-state index in [1.54, 1.807) is 6.07 Å². The van der Waals surface area contributed by atoms with Crippen LogP contribution in [0, 0.1) is 0 Å². The smallest absolute Gasteiger partial charge is 0.341 e. The highest BCUT2D eigenvalue weighted by Crippen LogP contribution is 2.08. The van der Waals surface area contributed by atoms with Gasteiger partial charge in [-0.1, -0.05) is 0 Å². The van der Waals surface area contributed by atoms with Crippen molar-refractivity contribution in [3.8, 4) is 0 Å². The average Bonchev–Trinajstić information content (AvgIpc) is 2.75. The van der Waals surface area contributed by atoms with Crippen LogP contribution in [0.15, 0.2) is 16.7 Å². The molecule has 1 aromatic rings. The second kappa shape index (κ2) is 6.53. The summed E-state index contributed by atoms with van der Waals surface area (Å²) in [6.07, 6.45) is 1.73. The molecule has 0 fully saturated rings. The van der Waals surface area contributed by atoms with E-state index in [4.69, 9.17) is 9.56 Å². The van der Waals surface area contributed by atoms with E-state index in [0.29, 0.717) is 30.8 Å². The maximum atomic E-state index is 11.1. The lowest BCUT2D eigenvalue weighted by atomic mass is 10.3. The van der Waals surface area contributed by atoms with Crippen molar-refractivity contribution in [2.24, 2.45) is 5.14 Å². The Kier molecular flexibility index (Phi) is 5.32. The van der Waals surface area contributed by atoms with E-state index >= 15 is 0 Å². The molecule has 1 rings (SSSR count). The molecule has 0 saturated carbocycles. The van der Waals surface area contributed by atoms with Crippen molar-refractivity contribution in [1.82, 2.24) is 5.32 Å². The van der Waals surface area contributed by atoms with Gasteiger partial charge in [-0.2, -0.15) is 0 Å². The lowest BCUT2D eigenvalue weighted by molar-refractivity contribution is 0.0600. The van der Waals surface area contributed by atoms with Crippen molar-refractivity contribution >= 4 is 16.0 Å². The first-order valence-electron chi connectivity index (χ1n) is 5.29. The van der Waals surface area contributed by atoms with Gasteiger partial charge in [-0.3, -0.25) is 0 Å². The van der Waals surface area contributed by atoms with Crippen molar-refractivity contribution in [3.63, 3.8) is 0 Å². The molecule has 0 bridgehead atoms. The number of nitrogens with one attached hydrogen (secondary N) is 1. The lowest BCUT2D eigenvalue weighted by Gasteiger charge is -2.01. The zero-order chi connectivity index (χ0) is 13.6. The van der Waals surface area contributed by atoms with Gasteiger partial charge in [0.25, 0.3) is 0 Å². The maximum Gasteiger partial charge on any atom is 0.341 e. The molecule has 3 N–H and O–H groups in total. The zero-order valence-electron chi connectivity index (χ0n) is 10.0. The summed E-state index contributed by atoms with van der Waals surface area (Å²) in [6.45, 7) is 0.895. The molecule has 0 aromatic carbocycles. The first-order chi connectivity index (χ1) is 8.42. The highest BCUT2D eigenvalue weighted by atomic mass is 32.2. The largest absolute Gasteiger partial charge is 0.467 e. The molecule has 0 unspecified atom stereocenters. The van der Waals surface area contributed by atoms with E-state index in [9.17, 15) is 13.2 Å². The average molecular weight is 276 g/mol. The lowest BCUT2D eigenvalue weighted by Crippen LogP contribution is -2.21. The summed E-state index contributed by atoms with van der Waals surface area (Å²) in [5.41, 5.74) is 0.346. The quantitative estimate of drug-likeness (QED) is 0.528. The number of methoxy groups -OCH3 is 1. The summed E-state index contributed by atoms with van der Waals surface area (Å²) in [4.78, 5) is 11.1. The number of carbonyl (C=O) groups excluding carboxylic acids is 1. The standard InChI is InChI=1S/C10H16N2O5S/c1-16-10(13)8-5-9(17-7-8)6-12-3-2-4-18(11,14)15/h5,7,12H,2-4,6H2,1H3,(H2,11,14,15). The van der Waals surface area contributed by atoms with Gasteiger partial charge < -0.3 is 14.5 Å². The first-order valence-corrected chi connectivity index (χ1v) is 7.01. The van der Waals surface area contributed by atoms with Gasteiger partial charge in [-0.05, 0) is 19.0 Å². The maximum absolute atomic E-state index is 11.1. The van der Waals surface area contributed by atoms with Gasteiger partial charge in [0.15, 0.2) is 0 Å². The number of ether oxygens (including phenoxy) is 1. The van der Waals surface area contributed by atoms with Crippen molar-refractivity contribution in [1.29, 1.82) is 0 Å². The summed E-state index contributed by atoms with van der Waals surface area (Å²) >= 11 is 0. The molecule has 0 atom stereocenters. The Labute approximate surface area is 105 Å². The second-order valence-electron chi connectivity index (χ2n) is 3.69. The van der Waals surface area contributed by atoms with Crippen LogP contribution in [0.2, 0.25) is 0 Å². The number of esters is 1. The molecular formula is C10H16N2O5S. The summed E-state index contributed by atoms with van der Waals surface area (Å²) in [7, 11) is -2.11. The van der Waals surface area contributed by atoms with E-state index in [1.165, 1.54) is 13.4 Å². The minimum absolute atomic E-state index is 0.0639. The van der Waals surface area contributed by atoms with Gasteiger partial charge in [0.05, 0.1) is 25.0 Å². The van der Waals surface area contributed by atoms with Crippen LogP contribution in [0.1, 0.15) is 22.5 Å². The van der Waals surface area contributed by atoms with E-state index in [0.717, 1.165) is 0 Å². The van der Waals surface area contributed by atoms with Gasteiger partial charge in [0, 0.05) is 0 Å². The monoisotopic (exact) mass is 276 g/mol. The molecule has 1 aromatic heterocycles. The summed E-state index contributed by atoms with van der Waals surface area (Å²) < 4.78 is 31.0. The number of hydrogen-bond acceptors (Lipinski definition) is 6. The molecule has 0 aliphatic rings. The molecule has 8 heteroatoms. The fourth-order valence-electron chi connectivity index (χ4n) is 1.31. The number of hydrogen-bond donors (Lipinski definition) is 2. The predicted molar refractivity (Wildman–Crippen MR) is 64.3 cm³/mol. The van der Waals surface area contributed by atoms with Crippen LogP contribution in [-0.2, 0) is 21.3 Å². The Morgan fingerprint density at radius 3 is 2.89 bits per heavy atom. The van der Waals surface area contributed by atoms with E-state index in [-0.39, 0.29) is 5.75 Å². The van der Waals surface area contributed by atoms with Crippen molar-refractivity contribution in [2.75, 3.05) is 19.4 Å². The van der Waals surface area contributed by atoms with Crippen LogP contribution < -0.4 is 10.5 Å². The van der Waals surface area contributed by atoms with Gasteiger partial charge in [0.1, 0.15) is 12.0 Å². The Morgan fingerprint density at radius 1 is 1.56 bits per heavy atom. The fourth-order valence-corrected chi connectivity index (χ4v) is 1.85. The molecule has 0 amide bonds. The number of primary sulfonamides is 1. The predicted octanol–water partition coefficient (Wildman–Crippen LogP) is -0.166. The zero-order valence-corrected chi connectivity index (χ0v) is 10.8. The Balaban J connectivity index is 2.28. The number of carbonyl (C=O) groups is 1. The molecule has 18 heavy (non-hydrogen) atoms. The van der Waals surface area contributed by atoms with Gasteiger partial charge >= 0.3 is 5.97 Å². The SMILES string of the molecule is COC(=O)c1coc(CNCCCS(N)(=O)=O)c1. The Bertz CT molecular complexity index is 494. The number of furan rings is 1. The summed E-state index contributed by atoms with van der Waals surface area (Å²) in [5, 5.41) is 7.83. The molecule has 1 heterocycles. The topological polar surface area (TPSA) is 112 Å². The minimum Gasteiger partial charge on any atom is -0.467 e. The Hall–Kier alpha value is -1.38. The van der Waals surface area contributed by atoms with Crippen molar-refractivity contribution < 1.29 is 22.4 Å². The molecular weight excluding hydrogens is 260 g/mol. The van der Waals surface area contributed by atoms with E-state index < -0.39 is 16.0 Å². The molecule has 0 saturated heterocycles. The number of nitrogens with two attached hydrogens (primary N) is 1. The highest BCUT2D eigenvalue weighted by molar-refractivity contribution is 7.89. The van der Waals surface area contributed by atoms with E-state index in [1.807, 2.05) is 0 Å². The third kappa shape index (κ3) is 5.30.